The molecule has 0 N–H and O–H groups in total. The lowest BCUT2D eigenvalue weighted by Gasteiger charge is -2.39. The van der Waals surface area contributed by atoms with Crippen molar-refractivity contribution >= 4 is 39.5 Å². The summed E-state index contributed by atoms with van der Waals surface area (Å²) in [4.78, 5) is 34.7. The minimum absolute atomic E-state index is 0.130. The Kier molecular flexibility index (Phi) is 7.53. The van der Waals surface area contributed by atoms with Crippen molar-refractivity contribution in [1.82, 2.24) is 0 Å². The van der Waals surface area contributed by atoms with Crippen LogP contribution in [0.2, 0.25) is 0 Å². The first-order chi connectivity index (χ1) is 13.5. The first kappa shape index (κ1) is 23.0. The van der Waals surface area contributed by atoms with Gasteiger partial charge in [-0.2, -0.15) is 0 Å². The van der Waals surface area contributed by atoms with Crippen molar-refractivity contribution in [1.29, 1.82) is 0 Å². The molecule has 0 bridgehead atoms. The van der Waals surface area contributed by atoms with Crippen molar-refractivity contribution in [3.05, 3.63) is 24.3 Å². The Bertz CT molecular complexity index is 864. The van der Waals surface area contributed by atoms with Gasteiger partial charge in [0.25, 0.3) is 0 Å². The van der Waals surface area contributed by atoms with Gasteiger partial charge in [-0.1, -0.05) is 0 Å². The third-order valence-corrected chi connectivity index (χ3v) is 6.15. The maximum absolute atomic E-state index is 11.6. The molecular weight excluding hydrogens is 424 g/mol. The predicted octanol–water partition coefficient (Wildman–Crippen LogP) is 1.34. The van der Waals surface area contributed by atoms with Gasteiger partial charge in [0.1, 0.15) is 5.75 Å². The van der Waals surface area contributed by atoms with Crippen LogP contribution in [0.15, 0.2) is 29.2 Å². The predicted molar refractivity (Wildman–Crippen MR) is 103 cm³/mol. The summed E-state index contributed by atoms with van der Waals surface area (Å²) in [5.74, 6) is -1.25. The van der Waals surface area contributed by atoms with E-state index >= 15 is 0 Å². The van der Waals surface area contributed by atoms with Crippen LogP contribution in [-0.2, 0) is 38.4 Å². The summed E-state index contributed by atoms with van der Waals surface area (Å²) in [7, 11) is -3.36. The molecule has 1 heterocycles. The standard InChI is InChI=1S/C18H22O9S2/c1-10(19)24-15-9-28-18(17(26-12(3)21)16(15)25-11(2)20)27-13-5-7-14(8-6-13)29(4,22)23/h5-8,15-18H,9H2,1-4H3/t15-,16+,17-,18-/m1/s1. The molecule has 0 saturated carbocycles. The van der Waals surface area contributed by atoms with E-state index in [9.17, 15) is 22.8 Å². The Morgan fingerprint density at radius 3 is 1.90 bits per heavy atom. The number of rotatable bonds is 6. The third-order valence-electron chi connectivity index (χ3n) is 3.81. The van der Waals surface area contributed by atoms with Gasteiger partial charge in [0.05, 0.1) is 4.90 Å². The summed E-state index contributed by atoms with van der Waals surface area (Å²) in [5.41, 5.74) is -0.779. The van der Waals surface area contributed by atoms with Crippen molar-refractivity contribution in [3.8, 4) is 5.75 Å². The monoisotopic (exact) mass is 446 g/mol. The van der Waals surface area contributed by atoms with E-state index in [2.05, 4.69) is 0 Å². The fourth-order valence-electron chi connectivity index (χ4n) is 2.71. The van der Waals surface area contributed by atoms with Crippen LogP contribution in [0.5, 0.6) is 5.75 Å². The number of esters is 3. The molecule has 0 radical (unpaired) electrons. The summed E-state index contributed by atoms with van der Waals surface area (Å²) in [6.07, 6.45) is -1.83. The van der Waals surface area contributed by atoms with Crippen LogP contribution in [0.3, 0.4) is 0 Å². The molecule has 0 spiro atoms. The van der Waals surface area contributed by atoms with E-state index in [4.69, 9.17) is 18.9 Å². The molecule has 160 valence electrons. The normalized spacial score (nSPS) is 24.3. The van der Waals surface area contributed by atoms with Gasteiger partial charge in [0, 0.05) is 32.8 Å². The fourth-order valence-corrected chi connectivity index (χ4v) is 4.56. The van der Waals surface area contributed by atoms with Crippen LogP contribution in [0.1, 0.15) is 20.8 Å². The molecule has 0 aromatic heterocycles. The zero-order chi connectivity index (χ0) is 21.8. The van der Waals surface area contributed by atoms with Crippen LogP contribution in [0.25, 0.3) is 0 Å². The first-order valence-electron chi connectivity index (χ1n) is 8.57. The fraction of sp³-hybridized carbons (Fsp3) is 0.500. The highest BCUT2D eigenvalue weighted by atomic mass is 32.2. The molecule has 4 atom stereocenters. The zero-order valence-electron chi connectivity index (χ0n) is 16.3. The average Bonchev–Trinajstić information content (AvgIpc) is 2.58. The van der Waals surface area contributed by atoms with E-state index in [0.717, 1.165) is 6.26 Å². The number of benzene rings is 1. The third kappa shape index (κ3) is 6.64. The van der Waals surface area contributed by atoms with Gasteiger partial charge in [-0.15, -0.1) is 11.8 Å². The Balaban J connectivity index is 2.28. The van der Waals surface area contributed by atoms with Crippen LogP contribution in [0, 0.1) is 0 Å². The van der Waals surface area contributed by atoms with Gasteiger partial charge in [-0.25, -0.2) is 8.42 Å². The summed E-state index contributed by atoms with van der Waals surface area (Å²) < 4.78 is 44.9. The summed E-state index contributed by atoms with van der Waals surface area (Å²) in [5, 5.41) is 0. The SMILES string of the molecule is CC(=O)O[C@@H]1[C@@H](OC(C)=O)[C@H](OC(C)=O)CS[C@H]1Oc1ccc(S(C)(=O)=O)cc1. The molecule has 0 amide bonds. The van der Waals surface area contributed by atoms with Gasteiger partial charge in [-0.3, -0.25) is 14.4 Å². The Morgan fingerprint density at radius 2 is 1.41 bits per heavy atom. The maximum Gasteiger partial charge on any atom is 0.303 e. The van der Waals surface area contributed by atoms with Crippen LogP contribution < -0.4 is 4.74 Å². The van der Waals surface area contributed by atoms with E-state index in [0.29, 0.717) is 5.75 Å². The molecule has 2 rings (SSSR count). The molecule has 0 unspecified atom stereocenters. The number of hydrogen-bond donors (Lipinski definition) is 0. The van der Waals surface area contributed by atoms with Gasteiger partial charge in [0.15, 0.2) is 33.6 Å². The molecule has 11 heteroatoms. The second kappa shape index (κ2) is 9.49. The Morgan fingerprint density at radius 1 is 0.897 bits per heavy atom. The van der Waals surface area contributed by atoms with Crippen LogP contribution in [0.4, 0.5) is 0 Å². The second-order valence-electron chi connectivity index (χ2n) is 6.36. The van der Waals surface area contributed by atoms with E-state index in [-0.39, 0.29) is 10.6 Å². The van der Waals surface area contributed by atoms with Crippen molar-refractivity contribution in [2.45, 2.75) is 49.4 Å². The first-order valence-corrected chi connectivity index (χ1v) is 11.5. The van der Waals surface area contributed by atoms with E-state index in [1.165, 1.54) is 56.8 Å². The number of thioether (sulfide) groups is 1. The number of hydrogen-bond acceptors (Lipinski definition) is 10. The van der Waals surface area contributed by atoms with E-state index in [1.807, 2.05) is 0 Å². The minimum atomic E-state index is -3.36. The van der Waals surface area contributed by atoms with Crippen LogP contribution in [-0.4, -0.2) is 62.1 Å². The number of sulfone groups is 1. The van der Waals surface area contributed by atoms with Gasteiger partial charge in [-0.05, 0) is 24.3 Å². The highest BCUT2D eigenvalue weighted by molar-refractivity contribution is 7.99. The zero-order valence-corrected chi connectivity index (χ0v) is 17.9. The summed E-state index contributed by atoms with van der Waals surface area (Å²) in [6, 6.07) is 5.73. The molecule has 0 aliphatic carbocycles. The summed E-state index contributed by atoms with van der Waals surface area (Å²) in [6.45, 7) is 3.61. The largest absolute Gasteiger partial charge is 0.476 e. The highest BCUT2D eigenvalue weighted by Gasteiger charge is 2.47. The lowest BCUT2D eigenvalue weighted by Crippen LogP contribution is -2.55. The lowest BCUT2D eigenvalue weighted by molar-refractivity contribution is -0.186. The molecule has 1 fully saturated rings. The van der Waals surface area contributed by atoms with Crippen molar-refractivity contribution in [2.75, 3.05) is 12.0 Å². The maximum atomic E-state index is 11.6. The number of carbonyl (C=O) groups excluding carboxylic acids is 3. The van der Waals surface area contributed by atoms with E-state index in [1.54, 1.807) is 0 Å². The topological polar surface area (TPSA) is 122 Å². The van der Waals surface area contributed by atoms with Gasteiger partial charge in [0.2, 0.25) is 0 Å². The molecule has 29 heavy (non-hydrogen) atoms. The van der Waals surface area contributed by atoms with Crippen molar-refractivity contribution in [2.24, 2.45) is 0 Å². The van der Waals surface area contributed by atoms with Crippen molar-refractivity contribution in [3.63, 3.8) is 0 Å². The second-order valence-corrected chi connectivity index (χ2v) is 9.51. The molecule has 1 aromatic carbocycles. The van der Waals surface area contributed by atoms with Gasteiger partial charge < -0.3 is 18.9 Å². The Labute approximate surface area is 172 Å². The average molecular weight is 446 g/mol. The van der Waals surface area contributed by atoms with Gasteiger partial charge >= 0.3 is 17.9 Å². The molecule has 1 aliphatic heterocycles. The molecular formula is C18H22O9S2. The van der Waals surface area contributed by atoms with Crippen LogP contribution >= 0.6 is 11.8 Å². The smallest absolute Gasteiger partial charge is 0.303 e. The Hall–Kier alpha value is -2.27. The number of ether oxygens (including phenoxy) is 4. The molecule has 1 aromatic rings. The molecule has 1 saturated heterocycles. The quantitative estimate of drug-likeness (QED) is 0.467. The molecule has 1 aliphatic rings. The number of carbonyl (C=O) groups is 3. The highest BCUT2D eigenvalue weighted by Crippen LogP contribution is 2.34. The molecule has 9 nitrogen and oxygen atoms in total. The minimum Gasteiger partial charge on any atom is -0.476 e. The lowest BCUT2D eigenvalue weighted by atomic mass is 10.1. The van der Waals surface area contributed by atoms with E-state index < -0.39 is 51.5 Å². The van der Waals surface area contributed by atoms with Crippen molar-refractivity contribution < 1.29 is 41.7 Å². The summed E-state index contributed by atoms with van der Waals surface area (Å²) >= 11 is 1.21.